The van der Waals surface area contributed by atoms with E-state index in [4.69, 9.17) is 15.9 Å². The van der Waals surface area contributed by atoms with Crippen LogP contribution in [0.4, 0.5) is 10.5 Å². The first-order chi connectivity index (χ1) is 11.6. The van der Waals surface area contributed by atoms with E-state index in [9.17, 15) is 9.59 Å². The van der Waals surface area contributed by atoms with Crippen LogP contribution in [0.25, 0.3) is 0 Å². The maximum atomic E-state index is 11.7. The van der Waals surface area contributed by atoms with Gasteiger partial charge in [0.2, 0.25) is 5.91 Å². The van der Waals surface area contributed by atoms with Crippen molar-refractivity contribution in [1.82, 2.24) is 10.6 Å². The van der Waals surface area contributed by atoms with E-state index in [1.807, 2.05) is 0 Å². The molecule has 0 saturated carbocycles. The van der Waals surface area contributed by atoms with Crippen molar-refractivity contribution in [3.05, 3.63) is 29.8 Å². The molecule has 3 amide bonds. The van der Waals surface area contributed by atoms with Crippen molar-refractivity contribution >= 4 is 17.6 Å². The summed E-state index contributed by atoms with van der Waals surface area (Å²) < 4.78 is 10.6. The smallest absolute Gasteiger partial charge is 0.319 e. The fourth-order valence-electron chi connectivity index (χ4n) is 1.68. The number of ether oxygens (including phenoxy) is 2. The van der Waals surface area contributed by atoms with Gasteiger partial charge in [0.25, 0.3) is 0 Å². The topological polar surface area (TPSA) is 88.7 Å². The summed E-state index contributed by atoms with van der Waals surface area (Å²) in [6.07, 6.45) is 5.26. The fraction of sp³-hybridized carbons (Fsp3) is 0.412. The minimum Gasteiger partial charge on any atom is -0.377 e. The Morgan fingerprint density at radius 3 is 2.12 bits per heavy atom. The predicted molar refractivity (Wildman–Crippen MR) is 91.7 cm³/mol. The highest BCUT2D eigenvalue weighted by molar-refractivity contribution is 5.89. The highest BCUT2D eigenvalue weighted by Gasteiger charge is 2.00. The Balaban J connectivity index is 1.97. The summed E-state index contributed by atoms with van der Waals surface area (Å²) in [5.41, 5.74) is 1.42. The van der Waals surface area contributed by atoms with Gasteiger partial charge >= 0.3 is 6.03 Å². The average molecular weight is 333 g/mol. The first-order valence-corrected chi connectivity index (χ1v) is 7.63. The van der Waals surface area contributed by atoms with E-state index in [0.717, 1.165) is 5.56 Å². The third-order valence-electron chi connectivity index (χ3n) is 2.83. The van der Waals surface area contributed by atoms with Gasteiger partial charge in [0.15, 0.2) is 0 Å². The second kappa shape index (κ2) is 11.9. The summed E-state index contributed by atoms with van der Waals surface area (Å²) in [6, 6.07) is 6.68. The zero-order chi connectivity index (χ0) is 17.6. The molecule has 130 valence electrons. The van der Waals surface area contributed by atoms with Crippen molar-refractivity contribution < 1.29 is 19.1 Å². The van der Waals surface area contributed by atoms with E-state index >= 15 is 0 Å². The van der Waals surface area contributed by atoms with Crippen molar-refractivity contribution in [2.45, 2.75) is 6.92 Å². The summed E-state index contributed by atoms with van der Waals surface area (Å²) in [5, 5.41) is 8.00. The number of amides is 3. The molecule has 0 radical (unpaired) electrons. The van der Waals surface area contributed by atoms with Gasteiger partial charge in [-0.1, -0.05) is 5.92 Å². The van der Waals surface area contributed by atoms with Crippen molar-refractivity contribution in [2.24, 2.45) is 0 Å². The van der Waals surface area contributed by atoms with Gasteiger partial charge in [0.1, 0.15) is 0 Å². The second-order valence-electron chi connectivity index (χ2n) is 4.81. The molecule has 1 aromatic carbocycles. The van der Waals surface area contributed by atoms with Crippen LogP contribution in [-0.2, 0) is 14.3 Å². The number of nitrogens with one attached hydrogen (secondary N) is 3. The molecule has 0 atom stereocenters. The van der Waals surface area contributed by atoms with Crippen LogP contribution in [0.15, 0.2) is 24.3 Å². The molecular formula is C17H23N3O4. The number of hydrogen-bond acceptors (Lipinski definition) is 4. The number of terminal acetylenes is 1. The van der Waals surface area contributed by atoms with Crippen molar-refractivity contribution in [1.29, 1.82) is 0 Å². The molecule has 1 rings (SSSR count). The van der Waals surface area contributed by atoms with E-state index in [-0.39, 0.29) is 11.9 Å². The molecule has 1 aromatic rings. The Morgan fingerprint density at radius 2 is 1.58 bits per heavy atom. The summed E-state index contributed by atoms with van der Waals surface area (Å²) in [5.74, 6) is 2.43. The van der Waals surface area contributed by atoms with Gasteiger partial charge in [-0.3, -0.25) is 4.79 Å². The number of anilines is 1. The Bertz CT molecular complexity index is 552. The molecule has 0 aliphatic heterocycles. The van der Waals surface area contributed by atoms with Gasteiger partial charge in [0, 0.05) is 31.3 Å². The lowest BCUT2D eigenvalue weighted by Gasteiger charge is -2.09. The quantitative estimate of drug-likeness (QED) is 0.439. The molecule has 0 unspecified atom stereocenters. The zero-order valence-corrected chi connectivity index (χ0v) is 13.8. The van der Waals surface area contributed by atoms with Gasteiger partial charge in [-0.2, -0.15) is 0 Å². The molecule has 0 fully saturated rings. The van der Waals surface area contributed by atoms with Gasteiger partial charge in [0.05, 0.1) is 26.4 Å². The SMILES string of the molecule is C#Cc1ccc(NC(=O)NCCOCCOCCNC(C)=O)cc1. The van der Waals surface area contributed by atoms with Crippen LogP contribution in [0.2, 0.25) is 0 Å². The first kappa shape index (κ1) is 19.5. The van der Waals surface area contributed by atoms with Crippen molar-refractivity contribution in [3.63, 3.8) is 0 Å². The Hall–Kier alpha value is -2.56. The number of carbonyl (C=O) groups excluding carboxylic acids is 2. The Kier molecular flexibility index (Phi) is 9.69. The van der Waals surface area contributed by atoms with Gasteiger partial charge in [-0.25, -0.2) is 4.79 Å². The van der Waals surface area contributed by atoms with E-state index < -0.39 is 0 Å². The van der Waals surface area contributed by atoms with Crippen LogP contribution in [0.1, 0.15) is 12.5 Å². The summed E-state index contributed by atoms with van der Waals surface area (Å²) in [7, 11) is 0. The summed E-state index contributed by atoms with van der Waals surface area (Å²) in [4.78, 5) is 22.3. The molecule has 0 spiro atoms. The molecule has 7 nitrogen and oxygen atoms in total. The maximum Gasteiger partial charge on any atom is 0.319 e. The Morgan fingerprint density at radius 1 is 1.00 bits per heavy atom. The third kappa shape index (κ3) is 9.46. The molecule has 0 saturated heterocycles. The predicted octanol–water partition coefficient (Wildman–Crippen LogP) is 0.959. The molecule has 0 bridgehead atoms. The van der Waals surface area contributed by atoms with Crippen LogP contribution in [-0.4, -0.2) is 51.5 Å². The molecule has 0 aliphatic rings. The fourth-order valence-corrected chi connectivity index (χ4v) is 1.68. The molecule has 3 N–H and O–H groups in total. The second-order valence-corrected chi connectivity index (χ2v) is 4.81. The van der Waals surface area contributed by atoms with Gasteiger partial charge < -0.3 is 25.4 Å². The summed E-state index contributed by atoms with van der Waals surface area (Å²) >= 11 is 0. The number of carbonyl (C=O) groups is 2. The van der Waals surface area contributed by atoms with Crippen LogP contribution in [0.3, 0.4) is 0 Å². The standard InChI is InChI=1S/C17H23N3O4/c1-3-15-4-6-16(7-5-15)20-17(22)19-9-11-24-13-12-23-10-8-18-14(2)21/h1,4-7H,8-13H2,2H3,(H,18,21)(H2,19,20,22). The number of benzene rings is 1. The minimum atomic E-state index is -0.307. The zero-order valence-electron chi connectivity index (χ0n) is 13.8. The number of rotatable bonds is 10. The molecule has 24 heavy (non-hydrogen) atoms. The Labute approximate surface area is 142 Å². The third-order valence-corrected chi connectivity index (χ3v) is 2.83. The van der Waals surface area contributed by atoms with Gasteiger partial charge in [-0.05, 0) is 24.3 Å². The lowest BCUT2D eigenvalue weighted by molar-refractivity contribution is -0.119. The van der Waals surface area contributed by atoms with Crippen molar-refractivity contribution in [2.75, 3.05) is 44.8 Å². The van der Waals surface area contributed by atoms with E-state index in [1.54, 1.807) is 24.3 Å². The molecular weight excluding hydrogens is 310 g/mol. The van der Waals surface area contributed by atoms with Crippen LogP contribution in [0, 0.1) is 12.3 Å². The molecule has 0 heterocycles. The monoisotopic (exact) mass is 333 g/mol. The normalized spacial score (nSPS) is 9.83. The highest BCUT2D eigenvalue weighted by Crippen LogP contribution is 2.08. The van der Waals surface area contributed by atoms with Crippen LogP contribution >= 0.6 is 0 Å². The molecule has 0 aromatic heterocycles. The average Bonchev–Trinajstić information content (AvgIpc) is 2.57. The summed E-state index contributed by atoms with van der Waals surface area (Å²) in [6.45, 7) is 4.03. The largest absolute Gasteiger partial charge is 0.377 e. The van der Waals surface area contributed by atoms with Crippen molar-refractivity contribution in [3.8, 4) is 12.3 Å². The molecule has 7 heteroatoms. The maximum absolute atomic E-state index is 11.7. The lowest BCUT2D eigenvalue weighted by Crippen LogP contribution is -2.31. The van der Waals surface area contributed by atoms with E-state index in [1.165, 1.54) is 6.92 Å². The number of urea groups is 1. The molecule has 0 aliphatic carbocycles. The lowest BCUT2D eigenvalue weighted by atomic mass is 10.2. The van der Waals surface area contributed by atoms with Gasteiger partial charge in [-0.15, -0.1) is 6.42 Å². The van der Waals surface area contributed by atoms with Crippen LogP contribution in [0.5, 0.6) is 0 Å². The van der Waals surface area contributed by atoms with E-state index in [0.29, 0.717) is 45.2 Å². The number of hydrogen-bond donors (Lipinski definition) is 3. The van der Waals surface area contributed by atoms with Crippen LogP contribution < -0.4 is 16.0 Å². The highest BCUT2D eigenvalue weighted by atomic mass is 16.5. The first-order valence-electron chi connectivity index (χ1n) is 7.63. The van der Waals surface area contributed by atoms with E-state index in [2.05, 4.69) is 21.9 Å². The minimum absolute atomic E-state index is 0.0776.